The van der Waals surface area contributed by atoms with E-state index in [0.29, 0.717) is 29.6 Å². The van der Waals surface area contributed by atoms with E-state index in [2.05, 4.69) is 40.7 Å². The summed E-state index contributed by atoms with van der Waals surface area (Å²) in [5.41, 5.74) is 2.17. The fourth-order valence-electron chi connectivity index (χ4n) is 11.2. The van der Waals surface area contributed by atoms with E-state index in [1.54, 1.807) is 6.07 Å². The molecule has 0 heterocycles. The minimum absolute atomic E-state index is 0.0552. The van der Waals surface area contributed by atoms with Crippen LogP contribution in [0, 0.1) is 46.3 Å². The third-order valence-electron chi connectivity index (χ3n) is 13.3. The number of hydrogen-bond acceptors (Lipinski definition) is 5. The number of fused-ring (bicyclic) bond motifs is 6. The smallest absolute Gasteiger partial charge is 0.208 e. The molecular formula is C39H57NO4S. The van der Waals surface area contributed by atoms with Crippen LogP contribution in [0.5, 0.6) is 0 Å². The number of anilines is 1. The molecule has 0 radical (unpaired) electrons. The number of hydrogen-bond donors (Lipinski definition) is 2. The maximum Gasteiger partial charge on any atom is 0.208 e. The molecule has 4 aliphatic carbocycles. The highest BCUT2D eigenvalue weighted by Crippen LogP contribution is 2.70. The Morgan fingerprint density at radius 1 is 0.956 bits per heavy atom. The summed E-state index contributed by atoms with van der Waals surface area (Å²) in [5, 5.41) is 25.2. The third kappa shape index (κ3) is 5.11. The molecule has 0 amide bonds. The number of aliphatic hydroxyl groups is 2. The summed E-state index contributed by atoms with van der Waals surface area (Å²) in [4.78, 5) is 0.450. The lowest BCUT2D eigenvalue weighted by atomic mass is 9.47. The van der Waals surface area contributed by atoms with Gasteiger partial charge in [-0.2, -0.15) is 0 Å². The minimum atomic E-state index is -4.13. The number of aliphatic hydroxyl groups excluding tert-OH is 1. The monoisotopic (exact) mass is 635 g/mol. The molecule has 5 nitrogen and oxygen atoms in total. The zero-order chi connectivity index (χ0) is 32.5. The summed E-state index contributed by atoms with van der Waals surface area (Å²) in [6.07, 6.45) is 11.1. The second-order valence-electron chi connectivity index (χ2n) is 16.6. The van der Waals surface area contributed by atoms with Gasteiger partial charge in [0.1, 0.15) is 0 Å². The van der Waals surface area contributed by atoms with Crippen LogP contribution in [0.25, 0.3) is 10.8 Å². The first-order valence-electron chi connectivity index (χ1n) is 17.7. The highest BCUT2D eigenvalue weighted by Gasteiger charge is 2.70. The van der Waals surface area contributed by atoms with Crippen LogP contribution in [0.15, 0.2) is 52.9 Å². The van der Waals surface area contributed by atoms with Gasteiger partial charge >= 0.3 is 0 Å². The van der Waals surface area contributed by atoms with Crippen LogP contribution in [-0.2, 0) is 9.84 Å². The maximum atomic E-state index is 15.2. The molecule has 3 fully saturated rings. The van der Waals surface area contributed by atoms with Gasteiger partial charge in [-0.1, -0.05) is 89.8 Å². The Labute approximate surface area is 272 Å². The fraction of sp³-hybridized carbons (Fsp3) is 0.692. The van der Waals surface area contributed by atoms with Gasteiger partial charge in [0.25, 0.3) is 0 Å². The van der Waals surface area contributed by atoms with Crippen molar-refractivity contribution in [3.8, 4) is 0 Å². The van der Waals surface area contributed by atoms with E-state index < -0.39 is 14.8 Å². The first kappa shape index (κ1) is 33.0. The van der Waals surface area contributed by atoms with Crippen molar-refractivity contribution in [3.63, 3.8) is 0 Å². The molecule has 45 heavy (non-hydrogen) atoms. The molecule has 0 aromatic heterocycles. The van der Waals surface area contributed by atoms with Gasteiger partial charge < -0.3 is 15.1 Å². The predicted molar refractivity (Wildman–Crippen MR) is 185 cm³/mol. The number of benzene rings is 2. The fourth-order valence-corrected chi connectivity index (χ4v) is 13.5. The quantitative estimate of drug-likeness (QED) is 0.285. The molecule has 4 aliphatic rings. The van der Waals surface area contributed by atoms with Crippen molar-refractivity contribution in [3.05, 3.63) is 48.0 Å². The minimum Gasteiger partial charge on any atom is -0.393 e. The zero-order valence-electron chi connectivity index (χ0n) is 28.7. The number of rotatable bonds is 8. The van der Waals surface area contributed by atoms with Gasteiger partial charge in [-0.3, -0.25) is 0 Å². The molecule has 0 saturated heterocycles. The lowest BCUT2D eigenvalue weighted by Gasteiger charge is -2.58. The van der Waals surface area contributed by atoms with Crippen LogP contribution in [0.4, 0.5) is 5.69 Å². The van der Waals surface area contributed by atoms with E-state index in [-0.39, 0.29) is 39.6 Å². The van der Waals surface area contributed by atoms with Gasteiger partial charge in [0.2, 0.25) is 9.84 Å². The van der Waals surface area contributed by atoms with Crippen LogP contribution >= 0.6 is 0 Å². The first-order chi connectivity index (χ1) is 21.1. The molecule has 0 aliphatic heterocycles. The van der Waals surface area contributed by atoms with E-state index in [1.807, 2.05) is 49.3 Å². The van der Waals surface area contributed by atoms with Crippen molar-refractivity contribution >= 4 is 26.3 Å². The average molecular weight is 636 g/mol. The van der Waals surface area contributed by atoms with Gasteiger partial charge in [-0.25, -0.2) is 8.42 Å². The number of allylic oxidation sites excluding steroid dienone is 1. The molecule has 248 valence electrons. The normalized spacial score (nSPS) is 37.1. The van der Waals surface area contributed by atoms with Crippen LogP contribution in [0.1, 0.15) is 98.8 Å². The second-order valence-corrected chi connectivity index (χ2v) is 18.7. The van der Waals surface area contributed by atoms with Crippen molar-refractivity contribution in [1.82, 2.24) is 0 Å². The highest BCUT2D eigenvalue weighted by atomic mass is 32.2. The molecule has 6 heteroatoms. The molecule has 9 atom stereocenters. The maximum absolute atomic E-state index is 15.2. The molecule has 6 rings (SSSR count). The Morgan fingerprint density at radius 3 is 2.38 bits per heavy atom. The molecule has 2 aromatic rings. The lowest BCUT2D eigenvalue weighted by Crippen LogP contribution is -2.52. The molecule has 2 aromatic carbocycles. The van der Waals surface area contributed by atoms with Gasteiger partial charge in [0, 0.05) is 36.5 Å². The van der Waals surface area contributed by atoms with Gasteiger partial charge in [0.05, 0.1) is 11.0 Å². The average Bonchev–Trinajstić information content (AvgIpc) is 3.24. The SMILES string of the molecule is CC(C)CCC[C@@H](C)[C@H]1C(O)(S(=O)(=O)c2cccc3c(N(C)C)cccc23)C[C@H]2[C@@H]3CC=C4C[C@@H](O)CC[C@]4(C)[C@H]3CC[C@@]21C. The molecule has 1 unspecified atom stereocenters. The van der Waals surface area contributed by atoms with Crippen molar-refractivity contribution in [1.29, 1.82) is 0 Å². The topological polar surface area (TPSA) is 77.8 Å². The molecular weight excluding hydrogens is 578 g/mol. The van der Waals surface area contributed by atoms with Crippen LogP contribution < -0.4 is 4.90 Å². The Balaban J connectivity index is 1.46. The summed E-state index contributed by atoms with van der Waals surface area (Å²) < 4.78 is 30.4. The summed E-state index contributed by atoms with van der Waals surface area (Å²) in [7, 11) is -0.172. The van der Waals surface area contributed by atoms with Crippen LogP contribution in [0.3, 0.4) is 0 Å². The number of sulfone groups is 1. The Morgan fingerprint density at radius 2 is 1.67 bits per heavy atom. The van der Waals surface area contributed by atoms with Crippen molar-refractivity contribution in [2.45, 2.75) is 115 Å². The summed E-state index contributed by atoms with van der Waals surface area (Å²) in [6.45, 7) is 11.5. The predicted octanol–water partition coefficient (Wildman–Crippen LogP) is 8.38. The van der Waals surface area contributed by atoms with Gasteiger partial charge in [-0.05, 0) is 97.5 Å². The van der Waals surface area contributed by atoms with Crippen molar-refractivity contribution < 1.29 is 18.6 Å². The van der Waals surface area contributed by atoms with E-state index in [0.717, 1.165) is 68.9 Å². The lowest BCUT2D eigenvalue weighted by molar-refractivity contribution is -0.0652. The summed E-state index contributed by atoms with van der Waals surface area (Å²) in [5.74, 6) is 1.27. The van der Waals surface area contributed by atoms with Crippen molar-refractivity contribution in [2.24, 2.45) is 46.3 Å². The third-order valence-corrected chi connectivity index (χ3v) is 15.6. The second kappa shape index (κ2) is 11.7. The standard InChI is InChI=1S/C39H57NO4S/c1-25(2)11-8-12-26(3)36-38(5)22-20-32-31(18-17-27-23-28(41)19-21-37(27,32)4)33(38)24-39(36,42)45(43,44)35-16-10-13-29-30(35)14-9-15-34(29)40(6)7/h9-10,13-17,25-26,28,31-33,36,41-42H,8,11-12,18-24H2,1-7H3/t26-,28+,31-,32+,33+,36-,37+,38+,39?/m1/s1. The Kier molecular flexibility index (Phi) is 8.56. The summed E-state index contributed by atoms with van der Waals surface area (Å²) >= 11 is 0. The van der Waals surface area contributed by atoms with E-state index in [1.165, 1.54) is 5.57 Å². The van der Waals surface area contributed by atoms with Crippen molar-refractivity contribution in [2.75, 3.05) is 19.0 Å². The number of nitrogens with zero attached hydrogens (tertiary/aromatic N) is 1. The molecule has 3 saturated carbocycles. The largest absolute Gasteiger partial charge is 0.393 e. The van der Waals surface area contributed by atoms with Gasteiger partial charge in [0.15, 0.2) is 4.93 Å². The molecule has 0 spiro atoms. The van der Waals surface area contributed by atoms with E-state index >= 15 is 8.42 Å². The molecule has 0 bridgehead atoms. The molecule has 2 N–H and O–H groups in total. The van der Waals surface area contributed by atoms with Crippen LogP contribution in [-0.4, -0.2) is 43.8 Å². The highest BCUT2D eigenvalue weighted by molar-refractivity contribution is 7.92. The van der Waals surface area contributed by atoms with Gasteiger partial charge in [-0.15, -0.1) is 0 Å². The zero-order valence-corrected chi connectivity index (χ0v) is 29.5. The summed E-state index contributed by atoms with van der Waals surface area (Å²) in [6, 6.07) is 11.4. The first-order valence-corrected chi connectivity index (χ1v) is 19.2. The van der Waals surface area contributed by atoms with E-state index in [9.17, 15) is 10.2 Å². The van der Waals surface area contributed by atoms with E-state index in [4.69, 9.17) is 0 Å². The van der Waals surface area contributed by atoms with Crippen LogP contribution in [0.2, 0.25) is 0 Å². The Hall–Kier alpha value is -1.89. The Bertz CT molecular complexity index is 1560.